The lowest BCUT2D eigenvalue weighted by Gasteiger charge is -2.22. The number of halogens is 1. The second kappa shape index (κ2) is 7.05. The van der Waals surface area contributed by atoms with Crippen LogP contribution in [-0.4, -0.2) is 44.6 Å². The van der Waals surface area contributed by atoms with E-state index in [0.717, 1.165) is 50.3 Å². The van der Waals surface area contributed by atoms with Gasteiger partial charge in [-0.3, -0.25) is 0 Å². The normalized spacial score (nSPS) is 18.8. The fourth-order valence-corrected chi connectivity index (χ4v) is 3.37. The molecule has 0 radical (unpaired) electrons. The minimum atomic E-state index is 0. The molecule has 1 fully saturated rings. The standard InChI is InChI=1S/C17H18N6O2.ClH/c1-2-13(9-18-6-1)23-10-19-16(21-23)17-20-15(22-25-17)12-3-4-14-11(8-12)5-7-24-14;/h3-4,8,10,13,18H,1-2,5-7,9H2;1H. The van der Waals surface area contributed by atoms with Crippen molar-refractivity contribution in [2.24, 2.45) is 0 Å². The molecule has 2 aromatic heterocycles. The summed E-state index contributed by atoms with van der Waals surface area (Å²) < 4.78 is 12.8. The van der Waals surface area contributed by atoms with Crippen molar-refractivity contribution in [3.63, 3.8) is 0 Å². The number of hydrogen-bond acceptors (Lipinski definition) is 7. The maximum atomic E-state index is 5.53. The van der Waals surface area contributed by atoms with E-state index in [-0.39, 0.29) is 12.4 Å². The summed E-state index contributed by atoms with van der Waals surface area (Å²) >= 11 is 0. The molecule has 1 aromatic carbocycles. The molecule has 5 rings (SSSR count). The fourth-order valence-electron chi connectivity index (χ4n) is 3.37. The van der Waals surface area contributed by atoms with E-state index in [1.165, 1.54) is 5.56 Å². The van der Waals surface area contributed by atoms with E-state index in [2.05, 4.69) is 31.6 Å². The zero-order valence-electron chi connectivity index (χ0n) is 14.1. The van der Waals surface area contributed by atoms with Crippen molar-refractivity contribution < 1.29 is 9.26 Å². The zero-order valence-corrected chi connectivity index (χ0v) is 14.9. The molecule has 3 aromatic rings. The van der Waals surface area contributed by atoms with Gasteiger partial charge in [0.1, 0.15) is 12.1 Å². The number of benzene rings is 1. The first-order valence-corrected chi connectivity index (χ1v) is 8.59. The molecule has 1 unspecified atom stereocenters. The van der Waals surface area contributed by atoms with Crippen molar-refractivity contribution in [3.05, 3.63) is 30.1 Å². The van der Waals surface area contributed by atoms with Crippen molar-refractivity contribution in [2.75, 3.05) is 19.7 Å². The van der Waals surface area contributed by atoms with Crippen LogP contribution in [0.4, 0.5) is 0 Å². The lowest BCUT2D eigenvalue weighted by Crippen LogP contribution is -2.31. The number of hydrogen-bond donors (Lipinski definition) is 1. The van der Waals surface area contributed by atoms with Crippen LogP contribution in [0.2, 0.25) is 0 Å². The first-order chi connectivity index (χ1) is 12.4. The molecule has 1 saturated heterocycles. The Hall–Kier alpha value is -2.45. The van der Waals surface area contributed by atoms with Crippen LogP contribution in [0.25, 0.3) is 23.1 Å². The molecule has 1 N–H and O–H groups in total. The summed E-state index contributed by atoms with van der Waals surface area (Å²) in [6.07, 6.45) is 4.90. The molecule has 0 aliphatic carbocycles. The Balaban J connectivity index is 0.00000168. The van der Waals surface area contributed by atoms with Crippen molar-refractivity contribution in [1.29, 1.82) is 0 Å². The maximum Gasteiger partial charge on any atom is 0.297 e. The minimum absolute atomic E-state index is 0. The highest BCUT2D eigenvalue weighted by Gasteiger charge is 2.20. The molecular formula is C17H19ClN6O2. The van der Waals surface area contributed by atoms with Gasteiger partial charge in [0.2, 0.25) is 11.6 Å². The maximum absolute atomic E-state index is 5.53. The van der Waals surface area contributed by atoms with Gasteiger partial charge in [-0.2, -0.15) is 4.98 Å². The summed E-state index contributed by atoms with van der Waals surface area (Å²) in [7, 11) is 0. The summed E-state index contributed by atoms with van der Waals surface area (Å²) in [5.74, 6) is 2.29. The predicted molar refractivity (Wildman–Crippen MR) is 96.3 cm³/mol. The third-order valence-corrected chi connectivity index (χ3v) is 4.72. The second-order valence-corrected chi connectivity index (χ2v) is 6.39. The predicted octanol–water partition coefficient (Wildman–Crippen LogP) is 2.28. The molecule has 0 saturated carbocycles. The van der Waals surface area contributed by atoms with Crippen LogP contribution in [0.15, 0.2) is 29.0 Å². The van der Waals surface area contributed by atoms with Crippen LogP contribution >= 0.6 is 12.4 Å². The van der Waals surface area contributed by atoms with Gasteiger partial charge in [-0.25, -0.2) is 9.67 Å². The van der Waals surface area contributed by atoms with Crippen LogP contribution in [0, 0.1) is 0 Å². The topological polar surface area (TPSA) is 90.9 Å². The summed E-state index contributed by atoms with van der Waals surface area (Å²) in [6, 6.07) is 6.28. The van der Waals surface area contributed by atoms with Gasteiger partial charge in [0, 0.05) is 18.5 Å². The number of fused-ring (bicyclic) bond motifs is 1. The van der Waals surface area contributed by atoms with E-state index in [0.29, 0.717) is 23.6 Å². The van der Waals surface area contributed by atoms with Crippen molar-refractivity contribution >= 4 is 12.4 Å². The van der Waals surface area contributed by atoms with E-state index in [4.69, 9.17) is 9.26 Å². The molecule has 1 atom stereocenters. The lowest BCUT2D eigenvalue weighted by molar-refractivity contribution is 0.345. The van der Waals surface area contributed by atoms with E-state index in [1.807, 2.05) is 16.8 Å². The average Bonchev–Trinajstić information content (AvgIpc) is 3.40. The summed E-state index contributed by atoms with van der Waals surface area (Å²) in [4.78, 5) is 8.80. The third-order valence-electron chi connectivity index (χ3n) is 4.72. The van der Waals surface area contributed by atoms with Crippen molar-refractivity contribution in [2.45, 2.75) is 25.3 Å². The van der Waals surface area contributed by atoms with Gasteiger partial charge < -0.3 is 14.6 Å². The smallest absolute Gasteiger partial charge is 0.297 e. The molecule has 9 heteroatoms. The van der Waals surface area contributed by atoms with Gasteiger partial charge >= 0.3 is 0 Å². The molecule has 2 aliphatic rings. The van der Waals surface area contributed by atoms with E-state index >= 15 is 0 Å². The molecular weight excluding hydrogens is 356 g/mol. The Morgan fingerprint density at radius 2 is 2.19 bits per heavy atom. The number of nitrogens with zero attached hydrogens (tertiary/aromatic N) is 5. The van der Waals surface area contributed by atoms with Crippen LogP contribution in [0.3, 0.4) is 0 Å². The van der Waals surface area contributed by atoms with Crippen LogP contribution in [-0.2, 0) is 6.42 Å². The molecule has 26 heavy (non-hydrogen) atoms. The number of piperidine rings is 1. The molecule has 2 aliphatic heterocycles. The van der Waals surface area contributed by atoms with E-state index in [9.17, 15) is 0 Å². The van der Waals surface area contributed by atoms with E-state index < -0.39 is 0 Å². The summed E-state index contributed by atoms with van der Waals surface area (Å²) in [5, 5.41) is 12.0. The van der Waals surface area contributed by atoms with Gasteiger partial charge in [0.05, 0.1) is 12.6 Å². The number of ether oxygens (including phenoxy) is 1. The van der Waals surface area contributed by atoms with Crippen molar-refractivity contribution in [1.82, 2.24) is 30.2 Å². The molecule has 8 nitrogen and oxygen atoms in total. The van der Waals surface area contributed by atoms with Gasteiger partial charge in [0.25, 0.3) is 5.89 Å². The minimum Gasteiger partial charge on any atom is -0.493 e. The fraction of sp³-hybridized carbons (Fsp3) is 0.412. The molecule has 0 bridgehead atoms. The first-order valence-electron chi connectivity index (χ1n) is 8.59. The van der Waals surface area contributed by atoms with Crippen LogP contribution in [0.5, 0.6) is 5.75 Å². The third kappa shape index (κ3) is 3.06. The highest BCUT2D eigenvalue weighted by Crippen LogP contribution is 2.30. The Bertz CT molecular complexity index is 902. The molecule has 0 amide bonds. The number of aromatic nitrogens is 5. The Labute approximate surface area is 156 Å². The van der Waals surface area contributed by atoms with Gasteiger partial charge in [-0.1, -0.05) is 5.16 Å². The van der Waals surface area contributed by atoms with Crippen LogP contribution < -0.4 is 10.1 Å². The van der Waals surface area contributed by atoms with Gasteiger partial charge in [-0.05, 0) is 43.1 Å². The SMILES string of the molecule is Cl.c1cc2c(cc1-c1noc(-c3ncn(C4CCCNC4)n3)n1)CCO2. The van der Waals surface area contributed by atoms with E-state index in [1.54, 1.807) is 6.33 Å². The summed E-state index contributed by atoms with van der Waals surface area (Å²) in [6.45, 7) is 2.71. The van der Waals surface area contributed by atoms with Crippen molar-refractivity contribution in [3.8, 4) is 28.9 Å². The molecule has 0 spiro atoms. The van der Waals surface area contributed by atoms with Gasteiger partial charge in [-0.15, -0.1) is 17.5 Å². The monoisotopic (exact) mass is 374 g/mol. The molecule has 136 valence electrons. The first kappa shape index (κ1) is 17.0. The lowest BCUT2D eigenvalue weighted by atomic mass is 10.1. The Morgan fingerprint density at radius 3 is 3.08 bits per heavy atom. The highest BCUT2D eigenvalue weighted by atomic mass is 35.5. The Kier molecular flexibility index (Phi) is 4.60. The molecule has 4 heterocycles. The number of nitrogens with one attached hydrogen (secondary N) is 1. The average molecular weight is 375 g/mol. The quantitative estimate of drug-likeness (QED) is 0.751. The Morgan fingerprint density at radius 1 is 1.23 bits per heavy atom. The number of rotatable bonds is 3. The largest absolute Gasteiger partial charge is 0.493 e. The highest BCUT2D eigenvalue weighted by molar-refractivity contribution is 5.85. The zero-order chi connectivity index (χ0) is 16.6. The van der Waals surface area contributed by atoms with Crippen LogP contribution in [0.1, 0.15) is 24.4 Å². The second-order valence-electron chi connectivity index (χ2n) is 6.39. The summed E-state index contributed by atoms with van der Waals surface area (Å²) in [5.41, 5.74) is 2.09. The van der Waals surface area contributed by atoms with Gasteiger partial charge in [0.15, 0.2) is 0 Å².